The molecule has 3 nitrogen and oxygen atoms in total. The molecule has 0 bridgehead atoms. The van der Waals surface area contributed by atoms with Gasteiger partial charge >= 0.3 is 0 Å². The van der Waals surface area contributed by atoms with E-state index in [2.05, 4.69) is 33.3 Å². The Kier molecular flexibility index (Phi) is 5.72. The van der Waals surface area contributed by atoms with E-state index in [1.807, 2.05) is 37.0 Å². The molecular formula is C15H18BrCl2N3. The highest BCUT2D eigenvalue weighted by Crippen LogP contribution is 2.31. The van der Waals surface area contributed by atoms with Crippen LogP contribution in [0.1, 0.15) is 29.9 Å². The SMILES string of the molecule is CCc1nn(C)c(CC(NC)c2ccc(Br)cc2Cl)c1Cl. The summed E-state index contributed by atoms with van der Waals surface area (Å²) in [6.45, 7) is 2.05. The molecule has 0 aliphatic rings. The maximum atomic E-state index is 6.43. The number of hydrogen-bond acceptors (Lipinski definition) is 2. The van der Waals surface area contributed by atoms with Gasteiger partial charge in [0.05, 0.1) is 16.4 Å². The Bertz CT molecular complexity index is 640. The lowest BCUT2D eigenvalue weighted by molar-refractivity contribution is 0.561. The molecule has 114 valence electrons. The van der Waals surface area contributed by atoms with Crippen molar-refractivity contribution in [1.82, 2.24) is 15.1 Å². The molecule has 21 heavy (non-hydrogen) atoms. The van der Waals surface area contributed by atoms with Gasteiger partial charge in [-0.2, -0.15) is 5.10 Å². The Hall–Kier alpha value is -0.550. The van der Waals surface area contributed by atoms with Gasteiger partial charge in [-0.1, -0.05) is 52.1 Å². The fraction of sp³-hybridized carbons (Fsp3) is 0.400. The van der Waals surface area contributed by atoms with E-state index >= 15 is 0 Å². The quantitative estimate of drug-likeness (QED) is 0.811. The summed E-state index contributed by atoms with van der Waals surface area (Å²) >= 11 is 16.2. The molecule has 0 radical (unpaired) electrons. The van der Waals surface area contributed by atoms with Crippen molar-refractivity contribution in [2.45, 2.75) is 25.8 Å². The number of halogens is 3. The number of nitrogens with one attached hydrogen (secondary N) is 1. The van der Waals surface area contributed by atoms with Crippen molar-refractivity contribution in [2.24, 2.45) is 7.05 Å². The number of rotatable bonds is 5. The van der Waals surface area contributed by atoms with Gasteiger partial charge in [0.25, 0.3) is 0 Å². The van der Waals surface area contributed by atoms with Crippen LogP contribution in [-0.4, -0.2) is 16.8 Å². The molecule has 0 saturated carbocycles. The van der Waals surface area contributed by atoms with E-state index in [0.717, 1.165) is 44.3 Å². The molecule has 1 aromatic carbocycles. The van der Waals surface area contributed by atoms with E-state index in [0.29, 0.717) is 0 Å². The monoisotopic (exact) mass is 389 g/mol. The molecule has 0 fully saturated rings. The van der Waals surface area contributed by atoms with Crippen LogP contribution >= 0.6 is 39.1 Å². The Balaban J connectivity index is 2.33. The predicted molar refractivity (Wildman–Crippen MR) is 92.3 cm³/mol. The molecule has 2 rings (SSSR count). The largest absolute Gasteiger partial charge is 0.313 e. The van der Waals surface area contributed by atoms with Crippen molar-refractivity contribution in [1.29, 1.82) is 0 Å². The predicted octanol–water partition coefficient (Wildman–Crippen LogP) is 4.56. The number of hydrogen-bond donors (Lipinski definition) is 1. The maximum absolute atomic E-state index is 6.43. The lowest BCUT2D eigenvalue weighted by Gasteiger charge is -2.18. The molecule has 2 aromatic rings. The normalized spacial score (nSPS) is 12.7. The second kappa shape index (κ2) is 7.14. The smallest absolute Gasteiger partial charge is 0.0850 e. The van der Waals surface area contributed by atoms with Crippen molar-refractivity contribution < 1.29 is 0 Å². The first-order valence-corrected chi connectivity index (χ1v) is 8.35. The minimum Gasteiger partial charge on any atom is -0.313 e. The summed E-state index contributed by atoms with van der Waals surface area (Å²) in [5.74, 6) is 0. The minimum absolute atomic E-state index is 0.0863. The number of aryl methyl sites for hydroxylation is 2. The highest BCUT2D eigenvalue weighted by Gasteiger charge is 2.20. The summed E-state index contributed by atoms with van der Waals surface area (Å²) in [5, 5.41) is 9.26. The summed E-state index contributed by atoms with van der Waals surface area (Å²) in [6.07, 6.45) is 1.57. The van der Waals surface area contributed by atoms with Crippen LogP contribution in [0.3, 0.4) is 0 Å². The van der Waals surface area contributed by atoms with Crippen LogP contribution in [0.5, 0.6) is 0 Å². The Morgan fingerprint density at radius 2 is 2.10 bits per heavy atom. The average molecular weight is 391 g/mol. The van der Waals surface area contributed by atoms with Crippen molar-refractivity contribution in [2.75, 3.05) is 7.05 Å². The first-order valence-electron chi connectivity index (χ1n) is 6.80. The highest BCUT2D eigenvalue weighted by atomic mass is 79.9. The van der Waals surface area contributed by atoms with Gasteiger partial charge in [-0.15, -0.1) is 0 Å². The molecule has 6 heteroatoms. The van der Waals surface area contributed by atoms with Gasteiger partial charge in [0.15, 0.2) is 0 Å². The number of likely N-dealkylation sites (N-methyl/N-ethyl adjacent to an activating group) is 1. The molecule has 0 saturated heterocycles. The van der Waals surface area contributed by atoms with Crippen LogP contribution in [0.4, 0.5) is 0 Å². The van der Waals surface area contributed by atoms with Gasteiger partial charge < -0.3 is 5.32 Å². The molecule has 1 N–H and O–H groups in total. The average Bonchev–Trinajstić information content (AvgIpc) is 2.72. The van der Waals surface area contributed by atoms with E-state index in [-0.39, 0.29) is 6.04 Å². The van der Waals surface area contributed by atoms with Crippen LogP contribution in [0.2, 0.25) is 10.0 Å². The Labute approximate surface area is 143 Å². The second-order valence-corrected chi connectivity index (χ2v) is 6.60. The second-order valence-electron chi connectivity index (χ2n) is 4.90. The molecule has 1 heterocycles. The summed E-state index contributed by atoms with van der Waals surface area (Å²) in [4.78, 5) is 0. The minimum atomic E-state index is 0.0863. The van der Waals surface area contributed by atoms with Crippen LogP contribution in [0.25, 0.3) is 0 Å². The van der Waals surface area contributed by atoms with Gasteiger partial charge in [-0.05, 0) is 31.2 Å². The third-order valence-electron chi connectivity index (χ3n) is 3.59. The molecule has 1 unspecified atom stereocenters. The van der Waals surface area contributed by atoms with Gasteiger partial charge in [0.1, 0.15) is 0 Å². The number of nitrogens with zero attached hydrogens (tertiary/aromatic N) is 2. The molecule has 0 spiro atoms. The van der Waals surface area contributed by atoms with Crippen LogP contribution in [0.15, 0.2) is 22.7 Å². The van der Waals surface area contributed by atoms with Crippen LogP contribution in [-0.2, 0) is 19.9 Å². The van der Waals surface area contributed by atoms with Gasteiger partial charge in [-0.25, -0.2) is 0 Å². The Morgan fingerprint density at radius 1 is 1.38 bits per heavy atom. The molecule has 1 atom stereocenters. The summed E-state index contributed by atoms with van der Waals surface area (Å²) in [7, 11) is 3.85. The van der Waals surface area contributed by atoms with Crippen molar-refractivity contribution in [3.05, 3.63) is 49.7 Å². The fourth-order valence-corrected chi connectivity index (χ4v) is 3.56. The topological polar surface area (TPSA) is 29.9 Å². The maximum Gasteiger partial charge on any atom is 0.0850 e. The number of benzene rings is 1. The molecule has 0 amide bonds. The van der Waals surface area contributed by atoms with Gasteiger partial charge in [0, 0.05) is 29.0 Å². The summed E-state index contributed by atoms with van der Waals surface area (Å²) in [5.41, 5.74) is 3.01. The zero-order valence-electron chi connectivity index (χ0n) is 12.3. The molecule has 0 aliphatic carbocycles. The Morgan fingerprint density at radius 3 is 2.62 bits per heavy atom. The third-order valence-corrected chi connectivity index (χ3v) is 4.84. The first-order chi connectivity index (χ1) is 9.97. The lowest BCUT2D eigenvalue weighted by Crippen LogP contribution is -2.20. The van der Waals surface area contributed by atoms with E-state index in [4.69, 9.17) is 23.2 Å². The standard InChI is InChI=1S/C15H18BrCl2N3/c1-4-12-15(18)14(21(3)20-12)8-13(19-2)10-6-5-9(16)7-11(10)17/h5-7,13,19H,4,8H2,1-3H3. The van der Waals surface area contributed by atoms with Gasteiger partial charge in [-0.3, -0.25) is 4.68 Å². The first kappa shape index (κ1) is 16.8. The van der Waals surface area contributed by atoms with E-state index in [1.165, 1.54) is 0 Å². The van der Waals surface area contributed by atoms with Crippen molar-refractivity contribution >= 4 is 39.1 Å². The van der Waals surface area contributed by atoms with Crippen molar-refractivity contribution in [3.8, 4) is 0 Å². The number of aromatic nitrogens is 2. The summed E-state index contributed by atoms with van der Waals surface area (Å²) in [6, 6.07) is 6.01. The summed E-state index contributed by atoms with van der Waals surface area (Å²) < 4.78 is 2.83. The molecule has 0 aliphatic heterocycles. The van der Waals surface area contributed by atoms with Crippen LogP contribution in [0, 0.1) is 0 Å². The van der Waals surface area contributed by atoms with E-state index in [9.17, 15) is 0 Å². The zero-order valence-corrected chi connectivity index (χ0v) is 15.3. The van der Waals surface area contributed by atoms with E-state index < -0.39 is 0 Å². The highest BCUT2D eigenvalue weighted by molar-refractivity contribution is 9.10. The fourth-order valence-electron chi connectivity index (χ4n) is 2.39. The van der Waals surface area contributed by atoms with E-state index in [1.54, 1.807) is 0 Å². The van der Waals surface area contributed by atoms with Crippen molar-refractivity contribution in [3.63, 3.8) is 0 Å². The van der Waals surface area contributed by atoms with Crippen LogP contribution < -0.4 is 5.32 Å². The lowest BCUT2D eigenvalue weighted by atomic mass is 10.0. The molecular weight excluding hydrogens is 373 g/mol. The third kappa shape index (κ3) is 3.62. The molecule has 1 aromatic heterocycles. The van der Waals surface area contributed by atoms with Gasteiger partial charge in [0.2, 0.25) is 0 Å². The zero-order chi connectivity index (χ0) is 15.6.